The molecule has 3 heteroatoms. The highest BCUT2D eigenvalue weighted by atomic mass is 16.2. The van der Waals surface area contributed by atoms with Gasteiger partial charge in [-0.25, -0.2) is 0 Å². The molecule has 1 rings (SSSR count). The molecule has 0 saturated carbocycles. The Labute approximate surface area is 121 Å². The smallest absolute Gasteiger partial charge is 0.251 e. The average molecular weight is 273 g/mol. The molecule has 1 atom stereocenters. The summed E-state index contributed by atoms with van der Waals surface area (Å²) >= 11 is 0. The summed E-state index contributed by atoms with van der Waals surface area (Å²) in [6.45, 7) is 5.91. The molecule has 20 heavy (non-hydrogen) atoms. The molecule has 0 aliphatic carbocycles. The van der Waals surface area contributed by atoms with Crippen molar-refractivity contribution in [2.75, 3.05) is 6.61 Å². The van der Waals surface area contributed by atoms with Gasteiger partial charge in [-0.05, 0) is 37.5 Å². The van der Waals surface area contributed by atoms with Crippen molar-refractivity contribution in [3.8, 4) is 11.8 Å². The number of hydrogen-bond donors (Lipinski definition) is 2. The molecule has 3 nitrogen and oxygen atoms in total. The summed E-state index contributed by atoms with van der Waals surface area (Å²) in [7, 11) is 0. The standard InChI is InChI=1S/C17H23NO2/c1-4-8-15(5-2)18-17(20)16-11-6-9-14(13(16)3)10-7-12-19/h6,9,11,15,19H,4-5,8,12H2,1-3H3,(H,18,20). The Hall–Kier alpha value is -1.79. The SMILES string of the molecule is CCCC(CC)NC(=O)c1cccc(C#CCO)c1C. The number of aliphatic hydroxyl groups excluding tert-OH is 1. The minimum Gasteiger partial charge on any atom is -0.384 e. The second kappa shape index (κ2) is 8.39. The first-order valence-electron chi connectivity index (χ1n) is 7.14. The number of rotatable bonds is 5. The molecule has 0 aromatic heterocycles. The topological polar surface area (TPSA) is 49.3 Å². The molecule has 1 unspecified atom stereocenters. The van der Waals surface area contributed by atoms with Crippen LogP contribution in [0.5, 0.6) is 0 Å². The van der Waals surface area contributed by atoms with Gasteiger partial charge in [0.15, 0.2) is 0 Å². The highest BCUT2D eigenvalue weighted by Crippen LogP contribution is 2.14. The van der Waals surface area contributed by atoms with E-state index in [0.29, 0.717) is 5.56 Å². The largest absolute Gasteiger partial charge is 0.384 e. The molecule has 0 spiro atoms. The number of carbonyl (C=O) groups excluding carboxylic acids is 1. The summed E-state index contributed by atoms with van der Waals surface area (Å²) in [6.07, 6.45) is 2.98. The van der Waals surface area contributed by atoms with Crippen molar-refractivity contribution < 1.29 is 9.90 Å². The monoisotopic (exact) mass is 273 g/mol. The van der Waals surface area contributed by atoms with Crippen molar-refractivity contribution in [3.63, 3.8) is 0 Å². The van der Waals surface area contributed by atoms with Crippen LogP contribution in [0.1, 0.15) is 54.6 Å². The van der Waals surface area contributed by atoms with Crippen molar-refractivity contribution in [2.45, 2.75) is 46.1 Å². The predicted octanol–water partition coefficient (Wildman–Crippen LogP) is 2.65. The molecule has 0 aliphatic rings. The highest BCUT2D eigenvalue weighted by molar-refractivity contribution is 5.96. The van der Waals surface area contributed by atoms with Crippen LogP contribution < -0.4 is 5.32 Å². The lowest BCUT2D eigenvalue weighted by Gasteiger charge is -2.17. The van der Waals surface area contributed by atoms with Gasteiger partial charge in [-0.2, -0.15) is 0 Å². The predicted molar refractivity (Wildman–Crippen MR) is 81.6 cm³/mol. The summed E-state index contributed by atoms with van der Waals surface area (Å²) in [6, 6.07) is 5.72. The molecule has 0 bridgehead atoms. The fourth-order valence-corrected chi connectivity index (χ4v) is 2.14. The van der Waals surface area contributed by atoms with E-state index >= 15 is 0 Å². The van der Waals surface area contributed by atoms with Crippen LogP contribution in [-0.4, -0.2) is 23.7 Å². The van der Waals surface area contributed by atoms with Gasteiger partial charge in [-0.3, -0.25) is 4.79 Å². The first kappa shape index (κ1) is 16.3. The van der Waals surface area contributed by atoms with Gasteiger partial charge in [0.2, 0.25) is 0 Å². The molecule has 0 aliphatic heterocycles. The van der Waals surface area contributed by atoms with Crippen molar-refractivity contribution >= 4 is 5.91 Å². The average Bonchev–Trinajstić information content (AvgIpc) is 2.45. The molecule has 1 aromatic carbocycles. The van der Waals surface area contributed by atoms with Gasteiger partial charge >= 0.3 is 0 Å². The maximum Gasteiger partial charge on any atom is 0.251 e. The van der Waals surface area contributed by atoms with Gasteiger partial charge in [-0.1, -0.05) is 38.2 Å². The number of aliphatic hydroxyl groups is 1. The molecule has 0 heterocycles. The zero-order chi connectivity index (χ0) is 15.0. The number of amides is 1. The Bertz CT molecular complexity index is 511. The number of carbonyl (C=O) groups is 1. The fourth-order valence-electron chi connectivity index (χ4n) is 2.14. The zero-order valence-electron chi connectivity index (χ0n) is 12.5. The van der Waals surface area contributed by atoms with E-state index in [9.17, 15) is 4.79 Å². The van der Waals surface area contributed by atoms with E-state index in [1.54, 1.807) is 0 Å². The molecule has 1 amide bonds. The quantitative estimate of drug-likeness (QED) is 0.810. The molecule has 0 radical (unpaired) electrons. The molecule has 2 N–H and O–H groups in total. The third-order valence-corrected chi connectivity index (χ3v) is 3.35. The Balaban J connectivity index is 2.93. The molecular formula is C17H23NO2. The third kappa shape index (κ3) is 4.40. The Morgan fingerprint density at radius 3 is 2.75 bits per heavy atom. The van der Waals surface area contributed by atoms with Gasteiger partial charge in [0, 0.05) is 17.2 Å². The summed E-state index contributed by atoms with van der Waals surface area (Å²) in [5.41, 5.74) is 2.30. The number of hydrogen-bond acceptors (Lipinski definition) is 2. The van der Waals surface area contributed by atoms with Gasteiger partial charge < -0.3 is 10.4 Å². The van der Waals surface area contributed by atoms with Crippen LogP contribution in [0.15, 0.2) is 18.2 Å². The molecule has 0 fully saturated rings. The lowest BCUT2D eigenvalue weighted by Crippen LogP contribution is -2.34. The van der Waals surface area contributed by atoms with Gasteiger partial charge in [-0.15, -0.1) is 0 Å². The van der Waals surface area contributed by atoms with Gasteiger partial charge in [0.05, 0.1) is 0 Å². The fraction of sp³-hybridized carbons (Fsp3) is 0.471. The van der Waals surface area contributed by atoms with Crippen molar-refractivity contribution in [1.82, 2.24) is 5.32 Å². The van der Waals surface area contributed by atoms with E-state index < -0.39 is 0 Å². The van der Waals surface area contributed by atoms with Crippen LogP contribution >= 0.6 is 0 Å². The third-order valence-electron chi connectivity index (χ3n) is 3.35. The van der Waals surface area contributed by atoms with Crippen LogP contribution in [0.2, 0.25) is 0 Å². The van der Waals surface area contributed by atoms with Crippen LogP contribution in [-0.2, 0) is 0 Å². The number of nitrogens with one attached hydrogen (secondary N) is 1. The van der Waals surface area contributed by atoms with Crippen molar-refractivity contribution in [1.29, 1.82) is 0 Å². The number of benzene rings is 1. The van der Waals surface area contributed by atoms with Crippen molar-refractivity contribution in [2.24, 2.45) is 0 Å². The lowest BCUT2D eigenvalue weighted by molar-refractivity contribution is 0.0933. The highest BCUT2D eigenvalue weighted by Gasteiger charge is 2.14. The van der Waals surface area contributed by atoms with Crippen LogP contribution in [0.3, 0.4) is 0 Å². The van der Waals surface area contributed by atoms with E-state index in [2.05, 4.69) is 31.0 Å². The Morgan fingerprint density at radius 2 is 2.15 bits per heavy atom. The molecular weight excluding hydrogens is 250 g/mol. The minimum absolute atomic E-state index is 0.0459. The van der Waals surface area contributed by atoms with Gasteiger partial charge in [0.1, 0.15) is 6.61 Å². The first-order valence-corrected chi connectivity index (χ1v) is 7.14. The van der Waals surface area contributed by atoms with Crippen LogP contribution in [0, 0.1) is 18.8 Å². The second-order valence-electron chi connectivity index (χ2n) is 4.81. The maximum atomic E-state index is 12.3. The van der Waals surface area contributed by atoms with Gasteiger partial charge in [0.25, 0.3) is 5.91 Å². The first-order chi connectivity index (χ1) is 9.63. The van der Waals surface area contributed by atoms with E-state index in [1.807, 2.05) is 25.1 Å². The van der Waals surface area contributed by atoms with Crippen molar-refractivity contribution in [3.05, 3.63) is 34.9 Å². The van der Waals surface area contributed by atoms with E-state index in [4.69, 9.17) is 5.11 Å². The molecule has 1 aromatic rings. The molecule has 108 valence electrons. The summed E-state index contributed by atoms with van der Waals surface area (Å²) in [4.78, 5) is 12.3. The normalized spacial score (nSPS) is 11.4. The lowest BCUT2D eigenvalue weighted by atomic mass is 10.0. The summed E-state index contributed by atoms with van der Waals surface area (Å²) < 4.78 is 0. The Morgan fingerprint density at radius 1 is 1.40 bits per heavy atom. The van der Waals surface area contributed by atoms with E-state index in [0.717, 1.165) is 30.4 Å². The van der Waals surface area contributed by atoms with E-state index in [1.165, 1.54) is 0 Å². The summed E-state index contributed by atoms with van der Waals surface area (Å²) in [5.74, 6) is 5.44. The van der Waals surface area contributed by atoms with E-state index in [-0.39, 0.29) is 18.6 Å². The Kier molecular flexibility index (Phi) is 6.83. The minimum atomic E-state index is -0.176. The van der Waals surface area contributed by atoms with Crippen LogP contribution in [0.4, 0.5) is 0 Å². The second-order valence-corrected chi connectivity index (χ2v) is 4.81. The van der Waals surface area contributed by atoms with Crippen LogP contribution in [0.25, 0.3) is 0 Å². The zero-order valence-corrected chi connectivity index (χ0v) is 12.5. The summed E-state index contributed by atoms with van der Waals surface area (Å²) in [5, 5.41) is 11.8. The molecule has 0 saturated heterocycles. The maximum absolute atomic E-state index is 12.3.